The second kappa shape index (κ2) is 7.40. The molecule has 0 amide bonds. The third-order valence-corrected chi connectivity index (χ3v) is 4.69. The van der Waals surface area contributed by atoms with Crippen LogP contribution < -0.4 is 5.73 Å². The summed E-state index contributed by atoms with van der Waals surface area (Å²) in [4.78, 5) is 2.46. The zero-order valence-electron chi connectivity index (χ0n) is 12.6. The molecule has 2 N–H and O–H groups in total. The van der Waals surface area contributed by atoms with Crippen LogP contribution in [0.1, 0.15) is 26.6 Å². The summed E-state index contributed by atoms with van der Waals surface area (Å²) >= 11 is 1.71. The van der Waals surface area contributed by atoms with Gasteiger partial charge in [0.25, 0.3) is 0 Å². The van der Waals surface area contributed by atoms with Crippen molar-refractivity contribution in [2.75, 3.05) is 25.4 Å². The lowest BCUT2D eigenvalue weighted by molar-refractivity contribution is -0.0265. The molecule has 0 saturated carbocycles. The number of thioether (sulfide) groups is 1. The summed E-state index contributed by atoms with van der Waals surface area (Å²) in [5, 5.41) is 9.29. The minimum atomic E-state index is 0.263. The number of hydrogen-bond donors (Lipinski definition) is 1. The zero-order chi connectivity index (χ0) is 14.5. The van der Waals surface area contributed by atoms with Crippen molar-refractivity contribution in [2.24, 2.45) is 5.73 Å². The van der Waals surface area contributed by atoms with Crippen molar-refractivity contribution in [2.45, 2.75) is 51.2 Å². The van der Waals surface area contributed by atoms with Gasteiger partial charge in [0, 0.05) is 31.4 Å². The third kappa shape index (κ3) is 3.72. The Morgan fingerprint density at radius 3 is 2.90 bits per heavy atom. The second-order valence-corrected chi connectivity index (χ2v) is 6.23. The predicted octanol–water partition coefficient (Wildman–Crippen LogP) is 0.958. The van der Waals surface area contributed by atoms with Gasteiger partial charge in [-0.1, -0.05) is 11.8 Å². The Morgan fingerprint density at radius 2 is 2.25 bits per heavy atom. The number of aromatic nitrogens is 3. The standard InChI is InChI=1S/C13H25N5OS/c1-4-18-12(7-14)15-16-13(18)20-9-11-8-17(10(2)3)5-6-19-11/h10-11H,4-9,14H2,1-3H3. The molecule has 1 aromatic rings. The molecule has 1 unspecified atom stereocenters. The molecule has 2 rings (SSSR count). The Balaban J connectivity index is 1.90. The van der Waals surface area contributed by atoms with Crippen LogP contribution in [0.15, 0.2) is 5.16 Å². The van der Waals surface area contributed by atoms with Crippen molar-refractivity contribution in [1.82, 2.24) is 19.7 Å². The van der Waals surface area contributed by atoms with Crippen molar-refractivity contribution in [3.05, 3.63) is 5.82 Å². The van der Waals surface area contributed by atoms with Crippen LogP contribution in [-0.2, 0) is 17.8 Å². The van der Waals surface area contributed by atoms with E-state index in [0.717, 1.165) is 43.0 Å². The smallest absolute Gasteiger partial charge is 0.191 e. The molecule has 114 valence electrons. The van der Waals surface area contributed by atoms with Crippen LogP contribution in [0, 0.1) is 0 Å². The van der Waals surface area contributed by atoms with E-state index >= 15 is 0 Å². The molecule has 1 fully saturated rings. The second-order valence-electron chi connectivity index (χ2n) is 5.24. The van der Waals surface area contributed by atoms with E-state index in [-0.39, 0.29) is 6.10 Å². The number of nitrogens with two attached hydrogens (primary N) is 1. The van der Waals surface area contributed by atoms with Crippen LogP contribution in [0.4, 0.5) is 0 Å². The quantitative estimate of drug-likeness (QED) is 0.789. The van der Waals surface area contributed by atoms with Crippen LogP contribution in [0.25, 0.3) is 0 Å². The number of hydrogen-bond acceptors (Lipinski definition) is 6. The number of rotatable bonds is 6. The lowest BCUT2D eigenvalue weighted by Crippen LogP contribution is -2.46. The molecule has 1 aliphatic heterocycles. The Labute approximate surface area is 125 Å². The van der Waals surface area contributed by atoms with Gasteiger partial charge in [0.1, 0.15) is 5.82 Å². The van der Waals surface area contributed by atoms with Gasteiger partial charge in [0.2, 0.25) is 0 Å². The van der Waals surface area contributed by atoms with Crippen LogP contribution in [-0.4, -0.2) is 57.3 Å². The van der Waals surface area contributed by atoms with Gasteiger partial charge in [-0.25, -0.2) is 0 Å². The average Bonchev–Trinajstić information content (AvgIpc) is 2.87. The van der Waals surface area contributed by atoms with Gasteiger partial charge >= 0.3 is 0 Å². The molecule has 1 saturated heterocycles. The first-order valence-corrected chi connectivity index (χ1v) is 8.24. The highest BCUT2D eigenvalue weighted by Crippen LogP contribution is 2.21. The maximum absolute atomic E-state index is 5.84. The highest BCUT2D eigenvalue weighted by molar-refractivity contribution is 7.99. The number of nitrogens with zero attached hydrogens (tertiary/aromatic N) is 4. The van der Waals surface area contributed by atoms with Gasteiger partial charge in [-0.2, -0.15) is 0 Å². The van der Waals surface area contributed by atoms with E-state index in [9.17, 15) is 0 Å². The van der Waals surface area contributed by atoms with E-state index in [1.807, 2.05) is 0 Å². The summed E-state index contributed by atoms with van der Waals surface area (Å²) in [5.41, 5.74) is 5.67. The largest absolute Gasteiger partial charge is 0.375 e. The zero-order valence-corrected chi connectivity index (χ0v) is 13.4. The van der Waals surface area contributed by atoms with Gasteiger partial charge < -0.3 is 15.0 Å². The van der Waals surface area contributed by atoms with Crippen LogP contribution in [0.3, 0.4) is 0 Å². The van der Waals surface area contributed by atoms with Crippen LogP contribution >= 0.6 is 11.8 Å². The Kier molecular flexibility index (Phi) is 5.83. The molecule has 0 bridgehead atoms. The monoisotopic (exact) mass is 299 g/mol. The molecule has 7 heteroatoms. The normalized spacial score (nSPS) is 20.8. The van der Waals surface area contributed by atoms with E-state index in [0.29, 0.717) is 12.6 Å². The number of morpholine rings is 1. The van der Waals surface area contributed by atoms with Gasteiger partial charge in [-0.15, -0.1) is 10.2 Å². The van der Waals surface area contributed by atoms with Crippen molar-refractivity contribution in [1.29, 1.82) is 0 Å². The fourth-order valence-corrected chi connectivity index (χ4v) is 3.40. The Morgan fingerprint density at radius 1 is 1.45 bits per heavy atom. The predicted molar refractivity (Wildman–Crippen MR) is 80.8 cm³/mol. The maximum Gasteiger partial charge on any atom is 0.191 e. The lowest BCUT2D eigenvalue weighted by Gasteiger charge is -2.35. The SMILES string of the molecule is CCn1c(CN)nnc1SCC1CN(C(C)C)CCO1. The first-order chi connectivity index (χ1) is 9.65. The third-order valence-electron chi connectivity index (χ3n) is 3.59. The summed E-state index contributed by atoms with van der Waals surface area (Å²) in [7, 11) is 0. The molecular formula is C13H25N5OS. The van der Waals surface area contributed by atoms with E-state index < -0.39 is 0 Å². The molecule has 6 nitrogen and oxygen atoms in total. The first-order valence-electron chi connectivity index (χ1n) is 7.26. The van der Waals surface area contributed by atoms with Crippen molar-refractivity contribution in [3.8, 4) is 0 Å². The lowest BCUT2D eigenvalue weighted by atomic mass is 10.2. The molecule has 1 aliphatic rings. The summed E-state index contributed by atoms with van der Waals surface area (Å²) in [6, 6.07) is 0.578. The molecule has 1 atom stereocenters. The van der Waals surface area contributed by atoms with Crippen LogP contribution in [0.2, 0.25) is 0 Å². The molecule has 1 aromatic heterocycles. The minimum Gasteiger partial charge on any atom is -0.375 e. The fourth-order valence-electron chi connectivity index (χ4n) is 2.37. The molecule has 0 spiro atoms. The topological polar surface area (TPSA) is 69.2 Å². The van der Waals surface area contributed by atoms with E-state index in [1.54, 1.807) is 11.8 Å². The van der Waals surface area contributed by atoms with E-state index in [2.05, 4.69) is 40.4 Å². The maximum atomic E-state index is 5.84. The van der Waals surface area contributed by atoms with E-state index in [4.69, 9.17) is 10.5 Å². The van der Waals surface area contributed by atoms with Crippen molar-refractivity contribution < 1.29 is 4.74 Å². The van der Waals surface area contributed by atoms with Gasteiger partial charge in [-0.3, -0.25) is 4.90 Å². The summed E-state index contributed by atoms with van der Waals surface area (Å²) in [6.07, 6.45) is 0.263. The molecule has 0 radical (unpaired) electrons. The molecule has 20 heavy (non-hydrogen) atoms. The average molecular weight is 299 g/mol. The first kappa shape index (κ1) is 15.8. The fraction of sp³-hybridized carbons (Fsp3) is 0.846. The molecular weight excluding hydrogens is 274 g/mol. The molecule has 0 aliphatic carbocycles. The molecule has 2 heterocycles. The van der Waals surface area contributed by atoms with Gasteiger partial charge in [0.15, 0.2) is 5.16 Å². The van der Waals surface area contributed by atoms with Crippen molar-refractivity contribution >= 4 is 11.8 Å². The van der Waals surface area contributed by atoms with Gasteiger partial charge in [0.05, 0.1) is 19.3 Å². The van der Waals surface area contributed by atoms with Crippen LogP contribution in [0.5, 0.6) is 0 Å². The van der Waals surface area contributed by atoms with Gasteiger partial charge in [-0.05, 0) is 20.8 Å². The Bertz CT molecular complexity index is 423. The summed E-state index contributed by atoms with van der Waals surface area (Å²) in [5.74, 6) is 1.76. The summed E-state index contributed by atoms with van der Waals surface area (Å²) < 4.78 is 7.92. The minimum absolute atomic E-state index is 0.263. The number of ether oxygens (including phenoxy) is 1. The van der Waals surface area contributed by atoms with E-state index in [1.165, 1.54) is 0 Å². The molecule has 0 aromatic carbocycles. The highest BCUT2D eigenvalue weighted by Gasteiger charge is 2.23. The highest BCUT2D eigenvalue weighted by atomic mass is 32.2. The van der Waals surface area contributed by atoms with Crippen molar-refractivity contribution in [3.63, 3.8) is 0 Å². The Hall–Kier alpha value is -0.630. The summed E-state index contributed by atoms with van der Waals surface area (Å²) in [6.45, 7) is 10.7.